The Morgan fingerprint density at radius 3 is 2.43 bits per heavy atom. The van der Waals surface area contributed by atoms with Gasteiger partial charge in [-0.2, -0.15) is 0 Å². The van der Waals surface area contributed by atoms with E-state index in [0.29, 0.717) is 27.9 Å². The van der Waals surface area contributed by atoms with Gasteiger partial charge in [0.1, 0.15) is 0 Å². The average molecular weight is 428 g/mol. The van der Waals surface area contributed by atoms with Crippen molar-refractivity contribution in [2.45, 2.75) is 6.92 Å². The summed E-state index contributed by atoms with van der Waals surface area (Å²) in [6, 6.07) is 9.40. The fourth-order valence-corrected chi connectivity index (χ4v) is 3.90. The average Bonchev–Trinajstić information content (AvgIpc) is 3.03. The number of aliphatic imine (C=N–C) groups is 1. The van der Waals surface area contributed by atoms with Crippen molar-refractivity contribution >= 4 is 40.6 Å². The van der Waals surface area contributed by atoms with Gasteiger partial charge in [0, 0.05) is 6.54 Å². The van der Waals surface area contributed by atoms with Crippen LogP contribution < -0.4 is 9.47 Å². The minimum atomic E-state index is -1.05. The number of benzene rings is 2. The molecule has 1 amide bonds. The van der Waals surface area contributed by atoms with Crippen molar-refractivity contribution in [3.05, 3.63) is 52.4 Å². The number of methoxy groups -OCH3 is 2. The Morgan fingerprint density at radius 1 is 1.20 bits per heavy atom. The third-order valence-electron chi connectivity index (χ3n) is 4.32. The molecule has 0 aliphatic carbocycles. The molecule has 1 aliphatic heterocycles. The van der Waals surface area contributed by atoms with Crippen molar-refractivity contribution in [2.24, 2.45) is 4.99 Å². The standard InChI is InChI=1S/C21H20N2O6S/c1-4-23-19(25)17(10-12-8-15(28-2)18(24)16(9-12)29-3)30-21(23)22-14-7-5-6-13(11-14)20(26)27/h5-11,24H,4H2,1-3H3,(H,26,27)/b17-10-,22-21?. The summed E-state index contributed by atoms with van der Waals surface area (Å²) in [6.07, 6.45) is 1.66. The Bertz CT molecular complexity index is 1040. The van der Waals surface area contributed by atoms with Crippen LogP contribution in [0, 0.1) is 0 Å². The topological polar surface area (TPSA) is 109 Å². The maximum absolute atomic E-state index is 12.8. The number of hydrogen-bond acceptors (Lipinski definition) is 7. The molecule has 3 rings (SSSR count). The Hall–Kier alpha value is -3.46. The first-order valence-electron chi connectivity index (χ1n) is 8.96. The molecule has 8 nitrogen and oxygen atoms in total. The quantitative estimate of drug-likeness (QED) is 0.675. The zero-order chi connectivity index (χ0) is 21.8. The summed E-state index contributed by atoms with van der Waals surface area (Å²) in [4.78, 5) is 30.4. The maximum atomic E-state index is 12.8. The number of aromatic carboxylic acids is 1. The number of carboxylic acids is 1. The maximum Gasteiger partial charge on any atom is 0.335 e. The first kappa shape index (κ1) is 21.3. The van der Waals surface area contributed by atoms with Gasteiger partial charge in [0.05, 0.1) is 30.4 Å². The molecule has 156 valence electrons. The number of likely N-dealkylation sites (N-methyl/N-ethyl adjacent to an activating group) is 1. The van der Waals surface area contributed by atoms with E-state index in [1.165, 1.54) is 43.0 Å². The van der Waals surface area contributed by atoms with E-state index in [4.69, 9.17) is 14.6 Å². The van der Waals surface area contributed by atoms with Crippen molar-refractivity contribution < 1.29 is 29.3 Å². The lowest BCUT2D eigenvalue weighted by Crippen LogP contribution is -2.28. The van der Waals surface area contributed by atoms with Crippen LogP contribution in [0.25, 0.3) is 6.08 Å². The normalized spacial score (nSPS) is 16.4. The molecule has 0 unspecified atom stereocenters. The highest BCUT2D eigenvalue weighted by Gasteiger charge is 2.32. The molecule has 30 heavy (non-hydrogen) atoms. The van der Waals surface area contributed by atoms with E-state index in [2.05, 4.69) is 4.99 Å². The number of hydrogen-bond donors (Lipinski definition) is 2. The second-order valence-electron chi connectivity index (χ2n) is 6.18. The van der Waals surface area contributed by atoms with Crippen molar-refractivity contribution in [3.8, 4) is 17.2 Å². The molecule has 0 saturated carbocycles. The van der Waals surface area contributed by atoms with Gasteiger partial charge in [0.15, 0.2) is 16.7 Å². The second kappa shape index (κ2) is 8.91. The zero-order valence-electron chi connectivity index (χ0n) is 16.6. The summed E-state index contributed by atoms with van der Waals surface area (Å²) in [7, 11) is 2.85. The van der Waals surface area contributed by atoms with Gasteiger partial charge < -0.3 is 19.7 Å². The molecule has 1 fully saturated rings. The Kier molecular flexibility index (Phi) is 6.31. The van der Waals surface area contributed by atoms with Crippen molar-refractivity contribution in [1.29, 1.82) is 0 Å². The molecule has 0 bridgehead atoms. The summed E-state index contributed by atoms with van der Waals surface area (Å²) in [5, 5.41) is 19.7. The number of phenols is 1. The van der Waals surface area contributed by atoms with Crippen LogP contribution in [0.3, 0.4) is 0 Å². The van der Waals surface area contributed by atoms with Gasteiger partial charge >= 0.3 is 5.97 Å². The number of carbonyl (C=O) groups is 2. The van der Waals surface area contributed by atoms with Crippen LogP contribution in [-0.2, 0) is 4.79 Å². The van der Waals surface area contributed by atoms with Gasteiger partial charge in [-0.05, 0) is 60.7 Å². The highest BCUT2D eigenvalue weighted by molar-refractivity contribution is 8.18. The lowest BCUT2D eigenvalue weighted by Gasteiger charge is -2.12. The minimum Gasteiger partial charge on any atom is -0.502 e. The van der Waals surface area contributed by atoms with Gasteiger partial charge in [-0.1, -0.05) is 6.07 Å². The van der Waals surface area contributed by atoms with E-state index >= 15 is 0 Å². The predicted octanol–water partition coefficient (Wildman–Crippen LogP) is 3.73. The van der Waals surface area contributed by atoms with Crippen LogP contribution in [0.1, 0.15) is 22.8 Å². The SMILES string of the molecule is CCN1C(=O)/C(=C/c2cc(OC)c(O)c(OC)c2)SC1=Nc1cccc(C(=O)O)c1. The smallest absolute Gasteiger partial charge is 0.335 e. The number of carboxylic acid groups (broad SMARTS) is 1. The molecule has 1 saturated heterocycles. The van der Waals surface area contributed by atoms with E-state index < -0.39 is 5.97 Å². The van der Waals surface area contributed by atoms with Crippen LogP contribution >= 0.6 is 11.8 Å². The van der Waals surface area contributed by atoms with Crippen LogP contribution in [-0.4, -0.2) is 52.9 Å². The molecule has 0 aromatic heterocycles. The molecule has 2 N–H and O–H groups in total. The molecule has 0 radical (unpaired) electrons. The molecule has 2 aromatic carbocycles. The number of rotatable bonds is 6. The summed E-state index contributed by atoms with van der Waals surface area (Å²) >= 11 is 1.18. The fraction of sp³-hybridized carbons (Fsp3) is 0.190. The number of amides is 1. The number of nitrogens with zero attached hydrogens (tertiary/aromatic N) is 2. The largest absolute Gasteiger partial charge is 0.502 e. The summed E-state index contributed by atoms with van der Waals surface area (Å²) in [5.74, 6) is -0.938. The number of ether oxygens (including phenoxy) is 2. The lowest BCUT2D eigenvalue weighted by atomic mass is 10.1. The number of phenolic OH excluding ortho intramolecular Hbond substituents is 1. The first-order valence-corrected chi connectivity index (χ1v) is 9.78. The van der Waals surface area contributed by atoms with Gasteiger partial charge in [-0.3, -0.25) is 9.69 Å². The Balaban J connectivity index is 1.98. The van der Waals surface area contributed by atoms with E-state index in [1.54, 1.807) is 30.3 Å². The van der Waals surface area contributed by atoms with Crippen LogP contribution in [0.15, 0.2) is 46.3 Å². The van der Waals surface area contributed by atoms with E-state index in [0.717, 1.165) is 0 Å². The number of carbonyl (C=O) groups excluding carboxylic acids is 1. The molecule has 1 heterocycles. The summed E-state index contributed by atoms with van der Waals surface area (Å²) < 4.78 is 10.3. The molecule has 0 atom stereocenters. The van der Waals surface area contributed by atoms with Gasteiger partial charge in [-0.15, -0.1) is 0 Å². The molecular weight excluding hydrogens is 408 g/mol. The number of thioether (sulfide) groups is 1. The Labute approximate surface area is 177 Å². The monoisotopic (exact) mass is 428 g/mol. The summed E-state index contributed by atoms with van der Waals surface area (Å²) in [6.45, 7) is 2.24. The van der Waals surface area contributed by atoms with Gasteiger partial charge in [0.25, 0.3) is 5.91 Å². The van der Waals surface area contributed by atoms with Crippen LogP contribution in [0.5, 0.6) is 17.2 Å². The highest BCUT2D eigenvalue weighted by atomic mass is 32.2. The molecule has 2 aromatic rings. The predicted molar refractivity (Wildman–Crippen MR) is 115 cm³/mol. The van der Waals surface area contributed by atoms with Crippen LogP contribution in [0.4, 0.5) is 5.69 Å². The van der Waals surface area contributed by atoms with Crippen molar-refractivity contribution in [1.82, 2.24) is 4.90 Å². The lowest BCUT2D eigenvalue weighted by molar-refractivity contribution is -0.122. The van der Waals surface area contributed by atoms with Crippen molar-refractivity contribution in [2.75, 3.05) is 20.8 Å². The fourth-order valence-electron chi connectivity index (χ4n) is 2.84. The summed E-state index contributed by atoms with van der Waals surface area (Å²) in [5.41, 5.74) is 1.17. The van der Waals surface area contributed by atoms with E-state index in [-0.39, 0.29) is 28.7 Å². The van der Waals surface area contributed by atoms with Crippen LogP contribution in [0.2, 0.25) is 0 Å². The molecular formula is C21H20N2O6S. The highest BCUT2D eigenvalue weighted by Crippen LogP contribution is 2.39. The van der Waals surface area contributed by atoms with E-state index in [1.807, 2.05) is 6.92 Å². The van der Waals surface area contributed by atoms with E-state index in [9.17, 15) is 14.7 Å². The zero-order valence-corrected chi connectivity index (χ0v) is 17.4. The molecule has 9 heteroatoms. The van der Waals surface area contributed by atoms with Crippen molar-refractivity contribution in [3.63, 3.8) is 0 Å². The minimum absolute atomic E-state index is 0.119. The number of aromatic hydroxyl groups is 1. The first-order chi connectivity index (χ1) is 14.4. The second-order valence-corrected chi connectivity index (χ2v) is 7.19. The van der Waals surface area contributed by atoms with Gasteiger partial charge in [-0.25, -0.2) is 9.79 Å². The molecule has 0 spiro atoms. The number of amidine groups is 1. The van der Waals surface area contributed by atoms with Gasteiger partial charge in [0.2, 0.25) is 5.75 Å². The third kappa shape index (κ3) is 4.25. The molecule has 1 aliphatic rings. The Morgan fingerprint density at radius 2 is 1.87 bits per heavy atom. The third-order valence-corrected chi connectivity index (χ3v) is 5.33.